The molecule has 0 aromatic heterocycles. The lowest BCUT2D eigenvalue weighted by molar-refractivity contribution is 0.181. The zero-order chi connectivity index (χ0) is 14.7. The fourth-order valence-corrected chi connectivity index (χ4v) is 2.05. The number of aliphatic hydroxyl groups excluding tert-OH is 1. The van der Waals surface area contributed by atoms with Gasteiger partial charge in [-0.1, -0.05) is 29.3 Å². The second kappa shape index (κ2) is 6.39. The molecule has 0 saturated carbocycles. The van der Waals surface area contributed by atoms with Crippen molar-refractivity contribution in [3.05, 3.63) is 63.6 Å². The van der Waals surface area contributed by atoms with Crippen LogP contribution < -0.4 is 5.32 Å². The molecule has 20 heavy (non-hydrogen) atoms. The summed E-state index contributed by atoms with van der Waals surface area (Å²) in [7, 11) is 0. The van der Waals surface area contributed by atoms with Gasteiger partial charge in [0.15, 0.2) is 0 Å². The van der Waals surface area contributed by atoms with E-state index >= 15 is 0 Å². The van der Waals surface area contributed by atoms with Crippen molar-refractivity contribution in [1.29, 1.82) is 0 Å². The van der Waals surface area contributed by atoms with E-state index in [1.807, 2.05) is 0 Å². The molecule has 2 N–H and O–H groups in total. The van der Waals surface area contributed by atoms with E-state index in [4.69, 9.17) is 23.2 Å². The lowest BCUT2D eigenvalue weighted by atomic mass is 10.1. The van der Waals surface area contributed by atoms with Gasteiger partial charge in [0.25, 0.3) is 0 Å². The third-order valence-electron chi connectivity index (χ3n) is 2.75. The Bertz CT molecular complexity index is 602. The minimum Gasteiger partial charge on any atom is -0.386 e. The molecule has 106 valence electrons. The van der Waals surface area contributed by atoms with Crippen molar-refractivity contribution in [3.63, 3.8) is 0 Å². The highest BCUT2D eigenvalue weighted by Gasteiger charge is 2.17. The van der Waals surface area contributed by atoms with E-state index in [9.17, 15) is 13.9 Å². The second-order valence-electron chi connectivity index (χ2n) is 4.16. The van der Waals surface area contributed by atoms with Crippen LogP contribution in [0.5, 0.6) is 0 Å². The molecule has 2 aromatic carbocycles. The molecular formula is C14H11Cl2F2NO. The molecule has 0 saturated heterocycles. The molecule has 2 aromatic rings. The molecule has 2 rings (SSSR count). The van der Waals surface area contributed by atoms with Gasteiger partial charge in [0.1, 0.15) is 17.7 Å². The van der Waals surface area contributed by atoms with Gasteiger partial charge >= 0.3 is 0 Å². The average molecular weight is 318 g/mol. The molecule has 1 unspecified atom stereocenters. The number of hydrogen-bond acceptors (Lipinski definition) is 2. The molecule has 1 atom stereocenters. The normalized spacial score (nSPS) is 12.2. The van der Waals surface area contributed by atoms with E-state index in [0.29, 0.717) is 15.7 Å². The van der Waals surface area contributed by atoms with Crippen LogP contribution in [0, 0.1) is 11.6 Å². The molecule has 0 fully saturated rings. The van der Waals surface area contributed by atoms with Crippen molar-refractivity contribution in [3.8, 4) is 0 Å². The van der Waals surface area contributed by atoms with Gasteiger partial charge < -0.3 is 10.4 Å². The number of halogens is 4. The second-order valence-corrected chi connectivity index (χ2v) is 4.98. The van der Waals surface area contributed by atoms with Gasteiger partial charge in [0.2, 0.25) is 0 Å². The van der Waals surface area contributed by atoms with E-state index in [0.717, 1.165) is 12.1 Å². The molecule has 0 bridgehead atoms. The number of anilines is 1. The highest BCUT2D eigenvalue weighted by atomic mass is 35.5. The quantitative estimate of drug-likeness (QED) is 0.875. The zero-order valence-corrected chi connectivity index (χ0v) is 11.7. The summed E-state index contributed by atoms with van der Waals surface area (Å²) < 4.78 is 27.0. The Morgan fingerprint density at radius 3 is 2.30 bits per heavy atom. The topological polar surface area (TPSA) is 32.3 Å². The lowest BCUT2D eigenvalue weighted by Crippen LogP contribution is -2.15. The summed E-state index contributed by atoms with van der Waals surface area (Å²) in [6, 6.07) is 8.24. The van der Waals surface area contributed by atoms with Crippen LogP contribution in [0.3, 0.4) is 0 Å². The average Bonchev–Trinajstić information content (AvgIpc) is 2.40. The number of hydrogen-bond donors (Lipinski definition) is 2. The summed E-state index contributed by atoms with van der Waals surface area (Å²) in [4.78, 5) is 0. The summed E-state index contributed by atoms with van der Waals surface area (Å²) in [5, 5.41) is 13.5. The summed E-state index contributed by atoms with van der Waals surface area (Å²) in [5.74, 6) is -1.57. The maximum atomic E-state index is 13.5. The van der Waals surface area contributed by atoms with E-state index in [-0.39, 0.29) is 12.1 Å². The maximum absolute atomic E-state index is 13.5. The summed E-state index contributed by atoms with van der Waals surface area (Å²) in [5.41, 5.74) is 0.232. The maximum Gasteiger partial charge on any atom is 0.132 e. The Kier molecular flexibility index (Phi) is 4.81. The Morgan fingerprint density at radius 2 is 1.70 bits per heavy atom. The molecular weight excluding hydrogens is 307 g/mol. The molecule has 2 nitrogen and oxygen atoms in total. The van der Waals surface area contributed by atoms with Gasteiger partial charge in [-0.25, -0.2) is 8.78 Å². The van der Waals surface area contributed by atoms with Gasteiger partial charge in [-0.05, 0) is 30.3 Å². The zero-order valence-electron chi connectivity index (χ0n) is 10.2. The van der Waals surface area contributed by atoms with E-state index < -0.39 is 17.7 Å². The van der Waals surface area contributed by atoms with Crippen molar-refractivity contribution < 1.29 is 13.9 Å². The predicted octanol–water partition coefficient (Wildman–Crippen LogP) is 4.42. The smallest absolute Gasteiger partial charge is 0.132 e. The summed E-state index contributed by atoms with van der Waals surface area (Å²) >= 11 is 11.6. The van der Waals surface area contributed by atoms with Crippen LogP contribution in [0.2, 0.25) is 10.0 Å². The van der Waals surface area contributed by atoms with E-state index in [2.05, 4.69) is 5.32 Å². The predicted molar refractivity (Wildman–Crippen MR) is 76.3 cm³/mol. The summed E-state index contributed by atoms with van der Waals surface area (Å²) in [6.45, 7) is -0.0597. The van der Waals surface area contributed by atoms with Crippen molar-refractivity contribution in [2.24, 2.45) is 0 Å². The number of aliphatic hydroxyl groups is 1. The minimum atomic E-state index is -1.31. The molecule has 0 radical (unpaired) electrons. The Labute approximate surface area is 125 Å². The third-order valence-corrected chi connectivity index (χ3v) is 3.49. The van der Waals surface area contributed by atoms with Crippen molar-refractivity contribution >= 4 is 28.9 Å². The van der Waals surface area contributed by atoms with Crippen molar-refractivity contribution in [2.75, 3.05) is 11.9 Å². The fourth-order valence-electron chi connectivity index (χ4n) is 1.75. The molecule has 0 aliphatic heterocycles. The Hall–Kier alpha value is -1.36. The Morgan fingerprint density at radius 1 is 1.05 bits per heavy atom. The molecule has 0 heterocycles. The molecule has 6 heteroatoms. The van der Waals surface area contributed by atoms with Gasteiger partial charge in [0.05, 0.1) is 15.6 Å². The molecule has 0 aliphatic carbocycles. The van der Waals surface area contributed by atoms with Crippen LogP contribution in [0.15, 0.2) is 36.4 Å². The fraction of sp³-hybridized carbons (Fsp3) is 0.143. The standard InChI is InChI=1S/C14H11Cl2F2NO/c15-9-5-4-8(6-10(9)16)19-7-13(20)14-11(17)2-1-3-12(14)18/h1-6,13,19-20H,7H2. The number of rotatable bonds is 4. The monoisotopic (exact) mass is 317 g/mol. The van der Waals surface area contributed by atoms with Gasteiger partial charge in [-0.15, -0.1) is 0 Å². The van der Waals surface area contributed by atoms with Crippen LogP contribution in [-0.2, 0) is 0 Å². The molecule has 0 amide bonds. The molecule has 0 spiro atoms. The van der Waals surface area contributed by atoms with E-state index in [1.54, 1.807) is 18.2 Å². The highest BCUT2D eigenvalue weighted by molar-refractivity contribution is 6.42. The molecule has 0 aliphatic rings. The third kappa shape index (κ3) is 3.39. The van der Waals surface area contributed by atoms with Gasteiger partial charge in [-0.3, -0.25) is 0 Å². The first-order chi connectivity index (χ1) is 9.49. The number of nitrogens with one attached hydrogen (secondary N) is 1. The first kappa shape index (κ1) is 15.0. The van der Waals surface area contributed by atoms with Gasteiger partial charge in [-0.2, -0.15) is 0 Å². The number of benzene rings is 2. The largest absolute Gasteiger partial charge is 0.386 e. The Balaban J connectivity index is 2.08. The van der Waals surface area contributed by atoms with Crippen LogP contribution in [0.1, 0.15) is 11.7 Å². The van der Waals surface area contributed by atoms with Crippen molar-refractivity contribution in [2.45, 2.75) is 6.10 Å². The van der Waals surface area contributed by atoms with Crippen molar-refractivity contribution in [1.82, 2.24) is 0 Å². The highest BCUT2D eigenvalue weighted by Crippen LogP contribution is 2.26. The lowest BCUT2D eigenvalue weighted by Gasteiger charge is -2.15. The van der Waals surface area contributed by atoms with Gasteiger partial charge in [0, 0.05) is 12.2 Å². The van der Waals surface area contributed by atoms with Crippen LogP contribution in [0.25, 0.3) is 0 Å². The first-order valence-electron chi connectivity index (χ1n) is 5.80. The van der Waals surface area contributed by atoms with E-state index in [1.165, 1.54) is 6.07 Å². The van der Waals surface area contributed by atoms with Crippen LogP contribution in [-0.4, -0.2) is 11.7 Å². The summed E-state index contributed by atoms with van der Waals surface area (Å²) in [6.07, 6.45) is -1.31. The minimum absolute atomic E-state index is 0.0597. The SMILES string of the molecule is OC(CNc1ccc(Cl)c(Cl)c1)c1c(F)cccc1F. The first-order valence-corrected chi connectivity index (χ1v) is 6.55. The van der Waals surface area contributed by atoms with Crippen LogP contribution >= 0.6 is 23.2 Å². The van der Waals surface area contributed by atoms with Crippen LogP contribution in [0.4, 0.5) is 14.5 Å².